The van der Waals surface area contributed by atoms with Crippen LogP contribution in [0.15, 0.2) is 12.2 Å². The summed E-state index contributed by atoms with van der Waals surface area (Å²) in [7, 11) is -1.83. The van der Waals surface area contributed by atoms with Crippen LogP contribution in [0.3, 0.4) is 0 Å². The third-order valence-electron chi connectivity index (χ3n) is 5.69. The molecule has 1 aromatic heterocycles. The Labute approximate surface area is 138 Å². The zero-order valence-corrected chi connectivity index (χ0v) is 15.8. The minimum atomic E-state index is -1.83. The number of aromatic hydroxyl groups is 2. The normalized spacial score (nSPS) is 29.3. The smallest absolute Gasteiger partial charge is 0.198 e. The van der Waals surface area contributed by atoms with Gasteiger partial charge in [0.2, 0.25) is 0 Å². The molecule has 2 aliphatic heterocycles. The molecule has 0 saturated heterocycles. The van der Waals surface area contributed by atoms with E-state index in [1.54, 1.807) is 0 Å². The predicted molar refractivity (Wildman–Crippen MR) is 91.1 cm³/mol. The largest absolute Gasteiger partial charge is 0.494 e. The van der Waals surface area contributed by atoms with Crippen molar-refractivity contribution < 1.29 is 19.4 Å². The van der Waals surface area contributed by atoms with Gasteiger partial charge in [0.15, 0.2) is 20.1 Å². The molecule has 0 spiro atoms. The van der Waals surface area contributed by atoms with Gasteiger partial charge < -0.3 is 19.4 Å². The van der Waals surface area contributed by atoms with Crippen molar-refractivity contribution in [3.8, 4) is 11.8 Å². The average molecular weight is 337 g/mol. The Balaban J connectivity index is 1.82. The molecular weight excluding hydrogens is 310 g/mol. The van der Waals surface area contributed by atoms with Gasteiger partial charge in [0.05, 0.1) is 11.1 Å². The first-order valence-corrected chi connectivity index (χ1v) is 11.0. The number of aromatic nitrogens is 1. The molecule has 2 aliphatic rings. The molecule has 0 radical (unpaired) electrons. The fourth-order valence-corrected chi connectivity index (χ4v) is 4.36. The Morgan fingerprint density at radius 1 is 1.17 bits per heavy atom. The van der Waals surface area contributed by atoms with Gasteiger partial charge in [0.1, 0.15) is 11.2 Å². The molecule has 3 rings (SSSR count). The summed E-state index contributed by atoms with van der Waals surface area (Å²) in [6.07, 6.45) is 4.55. The van der Waals surface area contributed by atoms with Crippen molar-refractivity contribution >= 4 is 8.32 Å². The van der Waals surface area contributed by atoms with Crippen LogP contribution in [0.25, 0.3) is 0 Å². The van der Waals surface area contributed by atoms with Gasteiger partial charge >= 0.3 is 0 Å². The summed E-state index contributed by atoms with van der Waals surface area (Å²) < 4.78 is 12.5. The number of nitrogens with one attached hydrogen (secondary N) is 1. The second kappa shape index (κ2) is 4.65. The van der Waals surface area contributed by atoms with Crippen molar-refractivity contribution in [3.05, 3.63) is 23.3 Å². The van der Waals surface area contributed by atoms with E-state index < -0.39 is 19.5 Å². The fraction of sp³-hybridized carbons (Fsp3) is 0.647. The summed E-state index contributed by atoms with van der Waals surface area (Å²) in [5, 5.41) is 20.4. The number of hydrogen-bond acceptors (Lipinski definition) is 4. The Hall–Kier alpha value is -1.24. The minimum absolute atomic E-state index is 0.0158. The Bertz CT molecular complexity index is 673. The highest BCUT2D eigenvalue weighted by molar-refractivity contribution is 6.74. The van der Waals surface area contributed by atoms with Gasteiger partial charge in [0, 0.05) is 13.0 Å². The number of aromatic amines is 1. The summed E-state index contributed by atoms with van der Waals surface area (Å²) in [5.41, 5.74) is -0.106. The van der Waals surface area contributed by atoms with Crippen LogP contribution >= 0.6 is 0 Å². The maximum Gasteiger partial charge on any atom is 0.198 e. The van der Waals surface area contributed by atoms with Crippen LogP contribution in [0.2, 0.25) is 18.1 Å². The number of hydrogen-bond donors (Lipinski definition) is 3. The zero-order chi connectivity index (χ0) is 17.3. The maximum atomic E-state index is 10.2. The Kier molecular flexibility index (Phi) is 3.36. The second-order valence-corrected chi connectivity index (χ2v) is 13.2. The molecule has 2 unspecified atom stereocenters. The van der Waals surface area contributed by atoms with Gasteiger partial charge in [-0.3, -0.25) is 4.98 Å². The van der Waals surface area contributed by atoms with E-state index >= 15 is 0 Å². The molecule has 0 saturated carbocycles. The summed E-state index contributed by atoms with van der Waals surface area (Å²) >= 11 is 0. The van der Waals surface area contributed by atoms with Crippen LogP contribution < -0.4 is 0 Å². The SMILES string of the molecule is CC12C=CC(CCO[Si](C)(C)C(C)(C)C)(O1)c1c(O)[nH]c(O)c12. The van der Waals surface area contributed by atoms with Crippen LogP contribution in [0.4, 0.5) is 0 Å². The number of ether oxygens (including phenoxy) is 1. The van der Waals surface area contributed by atoms with E-state index in [2.05, 4.69) is 38.8 Å². The minimum Gasteiger partial charge on any atom is -0.494 e. The first kappa shape index (κ1) is 16.6. The van der Waals surface area contributed by atoms with Crippen molar-refractivity contribution in [3.63, 3.8) is 0 Å². The highest BCUT2D eigenvalue weighted by Gasteiger charge is 2.57. The van der Waals surface area contributed by atoms with E-state index in [0.717, 1.165) is 0 Å². The van der Waals surface area contributed by atoms with E-state index in [1.807, 2.05) is 19.1 Å². The second-order valence-electron chi connectivity index (χ2n) is 8.36. The quantitative estimate of drug-likeness (QED) is 0.576. The monoisotopic (exact) mass is 337 g/mol. The lowest BCUT2D eigenvalue weighted by molar-refractivity contribution is -0.0718. The lowest BCUT2D eigenvalue weighted by Crippen LogP contribution is -2.41. The van der Waals surface area contributed by atoms with E-state index in [4.69, 9.17) is 9.16 Å². The first-order chi connectivity index (χ1) is 10.4. The zero-order valence-electron chi connectivity index (χ0n) is 14.8. The molecule has 1 aromatic rings. The molecule has 6 heteroatoms. The first-order valence-electron chi connectivity index (χ1n) is 8.11. The van der Waals surface area contributed by atoms with Crippen LogP contribution in [0.1, 0.15) is 45.2 Å². The summed E-state index contributed by atoms with van der Waals surface area (Å²) in [5.74, 6) is -0.0329. The highest BCUT2D eigenvalue weighted by Crippen LogP contribution is 2.60. The van der Waals surface area contributed by atoms with Crippen molar-refractivity contribution in [2.75, 3.05) is 6.61 Å². The molecule has 128 valence electrons. The molecule has 2 atom stereocenters. The molecule has 23 heavy (non-hydrogen) atoms. The summed E-state index contributed by atoms with van der Waals surface area (Å²) in [6.45, 7) is 13.5. The van der Waals surface area contributed by atoms with Crippen molar-refractivity contribution in [1.29, 1.82) is 0 Å². The van der Waals surface area contributed by atoms with Gasteiger partial charge in [-0.2, -0.15) is 0 Å². The molecule has 0 amide bonds. The number of H-pyrrole nitrogens is 1. The Morgan fingerprint density at radius 2 is 1.78 bits per heavy atom. The summed E-state index contributed by atoms with van der Waals surface area (Å²) in [6, 6.07) is 0. The van der Waals surface area contributed by atoms with Crippen LogP contribution in [0, 0.1) is 0 Å². The van der Waals surface area contributed by atoms with Crippen molar-refractivity contribution in [2.45, 2.75) is 63.5 Å². The number of rotatable bonds is 4. The van der Waals surface area contributed by atoms with E-state index in [-0.39, 0.29) is 16.8 Å². The van der Waals surface area contributed by atoms with Crippen LogP contribution in [0.5, 0.6) is 11.8 Å². The van der Waals surface area contributed by atoms with Gasteiger partial charge in [-0.15, -0.1) is 0 Å². The van der Waals surface area contributed by atoms with Gasteiger partial charge in [-0.05, 0) is 37.2 Å². The van der Waals surface area contributed by atoms with Gasteiger partial charge in [-0.1, -0.05) is 20.8 Å². The maximum absolute atomic E-state index is 10.2. The molecule has 0 aliphatic carbocycles. The fourth-order valence-electron chi connectivity index (χ4n) is 3.31. The van der Waals surface area contributed by atoms with E-state index in [0.29, 0.717) is 24.2 Å². The van der Waals surface area contributed by atoms with E-state index in [1.165, 1.54) is 0 Å². The lowest BCUT2D eigenvalue weighted by atomic mass is 9.83. The topological polar surface area (TPSA) is 74.7 Å². The molecule has 5 nitrogen and oxygen atoms in total. The predicted octanol–water partition coefficient (Wildman–Crippen LogP) is 3.85. The molecule has 0 aromatic carbocycles. The molecule has 3 N–H and O–H groups in total. The van der Waals surface area contributed by atoms with Gasteiger partial charge in [0.25, 0.3) is 0 Å². The van der Waals surface area contributed by atoms with Gasteiger partial charge in [-0.25, -0.2) is 0 Å². The summed E-state index contributed by atoms with van der Waals surface area (Å²) in [4.78, 5) is 2.62. The standard InChI is InChI=1S/C17H27NO4Si/c1-15(2,3)23(5,6)21-10-9-17-8-7-16(4,22-17)11-12(17)14(20)18-13(11)19/h7-8,18-20H,9-10H2,1-6H3. The molecule has 3 heterocycles. The molecule has 2 bridgehead atoms. The van der Waals surface area contributed by atoms with E-state index in [9.17, 15) is 10.2 Å². The lowest BCUT2D eigenvalue weighted by Gasteiger charge is -2.37. The highest BCUT2D eigenvalue weighted by atomic mass is 28.4. The molecular formula is C17H27NO4Si. The van der Waals surface area contributed by atoms with Crippen molar-refractivity contribution in [2.24, 2.45) is 0 Å². The average Bonchev–Trinajstić information content (AvgIpc) is 2.96. The molecule has 0 fully saturated rings. The van der Waals surface area contributed by atoms with Crippen LogP contribution in [-0.4, -0.2) is 30.1 Å². The Morgan fingerprint density at radius 3 is 2.39 bits per heavy atom. The van der Waals surface area contributed by atoms with Crippen molar-refractivity contribution in [1.82, 2.24) is 4.98 Å². The third kappa shape index (κ3) is 2.27. The van der Waals surface area contributed by atoms with Crippen LogP contribution in [-0.2, 0) is 20.4 Å². The number of fused-ring (bicyclic) bond motifs is 5. The third-order valence-corrected chi connectivity index (χ3v) is 10.2.